The topological polar surface area (TPSA) is 66.9 Å². The van der Waals surface area contributed by atoms with Crippen LogP contribution in [0.4, 0.5) is 0 Å². The molecule has 0 unspecified atom stereocenters. The Balaban J connectivity index is 1.64. The summed E-state index contributed by atoms with van der Waals surface area (Å²) in [6.45, 7) is 3.52. The number of hydrogen-bond donors (Lipinski definition) is 1. The van der Waals surface area contributed by atoms with Crippen LogP contribution in [-0.2, 0) is 16.0 Å². The first kappa shape index (κ1) is 15.5. The molecule has 1 saturated heterocycles. The second kappa shape index (κ2) is 4.68. The van der Waals surface area contributed by atoms with Gasteiger partial charge in [0.15, 0.2) is 11.6 Å². The van der Waals surface area contributed by atoms with Gasteiger partial charge in [-0.2, -0.15) is 0 Å². The number of benzene rings is 1. The smallest absolute Gasteiger partial charge is 0.164 e. The normalized spacial score (nSPS) is 43.6. The van der Waals surface area contributed by atoms with Crippen LogP contribution in [0.1, 0.15) is 54.1 Å². The standard InChI is InChI=1S/C21H22O4/c1-11(22)12-5-7-14-13(10-12)6-8-15-17(14)18-19(25-18)21(24)9-3-4-16(23)20(15,21)2/h3-5,7,10,15,17-19,24H,6,8-9H2,1-2H3/t15-,17-,18-,19-,20-,21-/m0/s1. The van der Waals surface area contributed by atoms with E-state index in [1.807, 2.05) is 25.1 Å². The van der Waals surface area contributed by atoms with Crippen LogP contribution in [0.15, 0.2) is 30.4 Å². The van der Waals surface area contributed by atoms with Crippen LogP contribution in [0.2, 0.25) is 0 Å². The number of epoxide rings is 1. The number of aliphatic hydroxyl groups is 1. The monoisotopic (exact) mass is 338 g/mol. The first-order valence-electron chi connectivity index (χ1n) is 9.10. The number of rotatable bonds is 1. The quantitative estimate of drug-likeness (QED) is 0.631. The number of aryl methyl sites for hydroxylation is 1. The first-order chi connectivity index (χ1) is 11.9. The Hall–Kier alpha value is -1.78. The van der Waals surface area contributed by atoms with Crippen molar-refractivity contribution in [2.75, 3.05) is 0 Å². The number of fused-ring (bicyclic) bond motifs is 8. The number of Topliss-reactive ketones (excluding diaryl/α,β-unsaturated/α-hetero) is 1. The molecule has 0 spiro atoms. The summed E-state index contributed by atoms with van der Waals surface area (Å²) in [5.41, 5.74) is 1.22. The van der Waals surface area contributed by atoms with Crippen LogP contribution in [0.3, 0.4) is 0 Å². The van der Waals surface area contributed by atoms with E-state index >= 15 is 0 Å². The molecule has 0 radical (unpaired) electrons. The summed E-state index contributed by atoms with van der Waals surface area (Å²) in [6.07, 6.45) is 5.29. The van der Waals surface area contributed by atoms with Gasteiger partial charge in [-0.1, -0.05) is 18.2 Å². The van der Waals surface area contributed by atoms with Gasteiger partial charge in [0.1, 0.15) is 11.7 Å². The van der Waals surface area contributed by atoms with Crippen molar-refractivity contribution >= 4 is 11.6 Å². The number of carbonyl (C=O) groups is 2. The van der Waals surface area contributed by atoms with Crippen LogP contribution < -0.4 is 0 Å². The van der Waals surface area contributed by atoms with Gasteiger partial charge in [0.05, 0.1) is 11.5 Å². The second-order valence-corrected chi connectivity index (χ2v) is 8.26. The zero-order chi connectivity index (χ0) is 17.6. The van der Waals surface area contributed by atoms with E-state index in [2.05, 4.69) is 0 Å². The molecule has 4 aliphatic rings. The Morgan fingerprint density at radius 2 is 2.16 bits per heavy atom. The lowest BCUT2D eigenvalue weighted by molar-refractivity contribution is -0.164. The number of ketones is 2. The van der Waals surface area contributed by atoms with Crippen LogP contribution in [0.5, 0.6) is 0 Å². The lowest BCUT2D eigenvalue weighted by Crippen LogP contribution is -2.65. The molecule has 4 heteroatoms. The molecule has 0 bridgehead atoms. The van der Waals surface area contributed by atoms with Crippen LogP contribution in [0.25, 0.3) is 0 Å². The fraction of sp³-hybridized carbons (Fsp3) is 0.524. The molecular weight excluding hydrogens is 316 g/mol. The average molecular weight is 338 g/mol. The Kier molecular flexibility index (Phi) is 2.90. The molecule has 1 N–H and O–H groups in total. The predicted octanol–water partition coefficient (Wildman–Crippen LogP) is 2.58. The second-order valence-electron chi connectivity index (χ2n) is 8.26. The van der Waals surface area contributed by atoms with Gasteiger partial charge in [-0.25, -0.2) is 0 Å². The van der Waals surface area contributed by atoms with Crippen molar-refractivity contribution in [2.45, 2.75) is 56.8 Å². The Labute approximate surface area is 146 Å². The van der Waals surface area contributed by atoms with Gasteiger partial charge in [0, 0.05) is 11.5 Å². The third-order valence-corrected chi connectivity index (χ3v) is 7.27. The molecule has 25 heavy (non-hydrogen) atoms. The van der Waals surface area contributed by atoms with E-state index in [1.54, 1.807) is 19.1 Å². The molecule has 5 rings (SSSR count). The number of allylic oxidation sites excluding steroid dienone is 1. The lowest BCUT2D eigenvalue weighted by Gasteiger charge is -2.55. The Morgan fingerprint density at radius 3 is 2.92 bits per heavy atom. The minimum Gasteiger partial charge on any atom is -0.386 e. The minimum atomic E-state index is -1.10. The van der Waals surface area contributed by atoms with Crippen molar-refractivity contribution in [1.29, 1.82) is 0 Å². The molecule has 1 aromatic carbocycles. The third-order valence-electron chi connectivity index (χ3n) is 7.27. The summed E-state index contributed by atoms with van der Waals surface area (Å²) in [4.78, 5) is 24.6. The highest BCUT2D eigenvalue weighted by Gasteiger charge is 2.74. The zero-order valence-corrected chi connectivity index (χ0v) is 14.5. The van der Waals surface area contributed by atoms with Gasteiger partial charge < -0.3 is 9.84 Å². The molecule has 0 aromatic heterocycles. The lowest BCUT2D eigenvalue weighted by atomic mass is 9.48. The van der Waals surface area contributed by atoms with Crippen LogP contribution >= 0.6 is 0 Å². The zero-order valence-electron chi connectivity index (χ0n) is 14.5. The number of hydrogen-bond acceptors (Lipinski definition) is 4. The van der Waals surface area contributed by atoms with E-state index in [-0.39, 0.29) is 35.6 Å². The molecule has 6 atom stereocenters. The minimum absolute atomic E-state index is 0.0222. The van der Waals surface area contributed by atoms with Gasteiger partial charge in [-0.05, 0) is 62.3 Å². The summed E-state index contributed by atoms with van der Waals surface area (Å²) >= 11 is 0. The number of ether oxygens (including phenoxy) is 1. The molecule has 0 amide bonds. The molecule has 4 nitrogen and oxygen atoms in total. The highest BCUT2D eigenvalue weighted by molar-refractivity contribution is 5.97. The van der Waals surface area contributed by atoms with Crippen molar-refractivity contribution in [3.63, 3.8) is 0 Å². The SMILES string of the molecule is CC(=O)c1ccc2c(c1)CC[C@H]1[C@H]2[C@@H]2O[C@@H]2[C@@]2(O)CC=CC(=O)[C@]12C. The van der Waals surface area contributed by atoms with Crippen molar-refractivity contribution in [3.8, 4) is 0 Å². The molecule has 1 saturated carbocycles. The van der Waals surface area contributed by atoms with Gasteiger partial charge in [-0.3, -0.25) is 9.59 Å². The van der Waals surface area contributed by atoms with Gasteiger partial charge in [-0.15, -0.1) is 0 Å². The molecule has 1 aliphatic heterocycles. The van der Waals surface area contributed by atoms with E-state index in [9.17, 15) is 14.7 Å². The maximum Gasteiger partial charge on any atom is 0.164 e. The fourth-order valence-corrected chi connectivity index (χ4v) is 5.77. The fourth-order valence-electron chi connectivity index (χ4n) is 5.77. The van der Waals surface area contributed by atoms with Crippen molar-refractivity contribution in [1.82, 2.24) is 0 Å². The summed E-state index contributed by atoms with van der Waals surface area (Å²) in [5, 5.41) is 11.4. The van der Waals surface area contributed by atoms with E-state index in [4.69, 9.17) is 4.74 Å². The van der Waals surface area contributed by atoms with Gasteiger partial charge in [0.2, 0.25) is 0 Å². The van der Waals surface area contributed by atoms with E-state index in [0.717, 1.165) is 18.4 Å². The van der Waals surface area contributed by atoms with E-state index in [0.29, 0.717) is 6.42 Å². The van der Waals surface area contributed by atoms with Gasteiger partial charge in [0.25, 0.3) is 0 Å². The summed E-state index contributed by atoms with van der Waals surface area (Å²) in [5.74, 6) is 0.280. The van der Waals surface area contributed by atoms with Crippen LogP contribution in [0, 0.1) is 11.3 Å². The third kappa shape index (κ3) is 1.74. The maximum absolute atomic E-state index is 12.9. The molecule has 3 aliphatic carbocycles. The Bertz CT molecular complexity index is 840. The largest absolute Gasteiger partial charge is 0.386 e. The Morgan fingerprint density at radius 1 is 1.36 bits per heavy atom. The van der Waals surface area contributed by atoms with Crippen molar-refractivity contribution in [3.05, 3.63) is 47.0 Å². The van der Waals surface area contributed by atoms with Crippen LogP contribution in [-0.4, -0.2) is 34.5 Å². The first-order valence-corrected chi connectivity index (χ1v) is 9.10. The summed E-state index contributed by atoms with van der Waals surface area (Å²) in [6, 6.07) is 5.92. The molecule has 2 fully saturated rings. The summed E-state index contributed by atoms with van der Waals surface area (Å²) in [7, 11) is 0. The highest BCUT2D eigenvalue weighted by atomic mass is 16.6. The van der Waals surface area contributed by atoms with Gasteiger partial charge >= 0.3 is 0 Å². The maximum atomic E-state index is 12.9. The highest BCUT2D eigenvalue weighted by Crippen LogP contribution is 2.66. The number of carbonyl (C=O) groups excluding carboxylic acids is 2. The molecule has 1 heterocycles. The molecular formula is C21H22O4. The van der Waals surface area contributed by atoms with E-state index in [1.165, 1.54) is 11.1 Å². The van der Waals surface area contributed by atoms with E-state index < -0.39 is 11.0 Å². The molecule has 1 aromatic rings. The summed E-state index contributed by atoms with van der Waals surface area (Å²) < 4.78 is 5.96. The average Bonchev–Trinajstić information content (AvgIpc) is 3.38. The van der Waals surface area contributed by atoms with Crippen molar-refractivity contribution in [2.24, 2.45) is 11.3 Å². The predicted molar refractivity (Wildman–Crippen MR) is 91.5 cm³/mol. The van der Waals surface area contributed by atoms with Crippen molar-refractivity contribution < 1.29 is 19.4 Å². The molecule has 130 valence electrons.